The van der Waals surface area contributed by atoms with Gasteiger partial charge in [-0.15, -0.1) is 0 Å². The van der Waals surface area contributed by atoms with E-state index in [0.29, 0.717) is 0 Å². The van der Waals surface area contributed by atoms with Gasteiger partial charge in [-0.25, -0.2) is 0 Å². The van der Waals surface area contributed by atoms with Crippen LogP contribution in [0.3, 0.4) is 0 Å². The van der Waals surface area contributed by atoms with Crippen molar-refractivity contribution >= 4 is 37.9 Å². The van der Waals surface area contributed by atoms with Crippen LogP contribution in [0.2, 0.25) is 0 Å². The van der Waals surface area contributed by atoms with Crippen molar-refractivity contribution in [3.63, 3.8) is 0 Å². The van der Waals surface area contributed by atoms with Crippen molar-refractivity contribution in [3.05, 3.63) is 30.3 Å². The number of ether oxygens (including phenoxy) is 2. The Bertz CT molecular complexity index is 309. The van der Waals surface area contributed by atoms with Gasteiger partial charge in [0.2, 0.25) is 0 Å². The molecule has 91 valence electrons. The first-order chi connectivity index (χ1) is 7.93. The van der Waals surface area contributed by atoms with E-state index < -0.39 is 0 Å². The third-order valence-electron chi connectivity index (χ3n) is 1.25. The summed E-state index contributed by atoms with van der Waals surface area (Å²) in [5.41, 5.74) is 9.60. The second-order valence-corrected chi connectivity index (χ2v) is 6.51. The molecule has 4 N–H and O–H groups in total. The van der Waals surface area contributed by atoms with Crippen molar-refractivity contribution in [1.82, 2.24) is 0 Å². The molecule has 0 amide bonds. The molecular weight excluding hydrogens is 445 g/mol. The average molecular weight is 460 g/mol. The fourth-order valence-corrected chi connectivity index (χ4v) is 1.54. The molecule has 0 radical (unpaired) electrons. The van der Waals surface area contributed by atoms with Gasteiger partial charge in [0.1, 0.15) is 0 Å². The number of benzene rings is 1. The van der Waals surface area contributed by atoms with Gasteiger partial charge in [0.15, 0.2) is 0 Å². The van der Waals surface area contributed by atoms with Crippen LogP contribution in [-0.4, -0.2) is 24.6 Å². The number of nitrogens with two attached hydrogens (primary N) is 2. The molecule has 0 aromatic heterocycles. The van der Waals surface area contributed by atoms with Crippen LogP contribution in [0.1, 0.15) is 0 Å². The summed E-state index contributed by atoms with van der Waals surface area (Å²) in [6.45, 7) is 0. The summed E-state index contributed by atoms with van der Waals surface area (Å²) in [4.78, 5) is 0. The fourth-order valence-electron chi connectivity index (χ4n) is 0.478. The molecule has 0 unspecified atom stereocenters. The Labute approximate surface area is 129 Å². The van der Waals surface area contributed by atoms with Crippen LogP contribution in [0, 0.1) is 0 Å². The Hall–Kier alpha value is -0.465. The predicted molar refractivity (Wildman–Crippen MR) is 73.7 cm³/mol. The first-order valence-corrected chi connectivity index (χ1v) is 8.04. The molecule has 0 heterocycles. The molecular formula is C10H15HgN2O2S2. The van der Waals surface area contributed by atoms with Crippen molar-refractivity contribution in [1.29, 1.82) is 0 Å². The molecule has 7 heteroatoms. The van der Waals surface area contributed by atoms with E-state index in [1.165, 1.54) is 17.3 Å². The Kier molecular flexibility index (Phi) is 15.1. The third-order valence-corrected chi connectivity index (χ3v) is 3.41. The third kappa shape index (κ3) is 21.4. The van der Waals surface area contributed by atoms with Crippen LogP contribution in [0.15, 0.2) is 30.3 Å². The van der Waals surface area contributed by atoms with Crippen LogP contribution in [0.25, 0.3) is 0 Å². The molecule has 0 aliphatic heterocycles. The molecule has 4 nitrogen and oxygen atoms in total. The Morgan fingerprint density at radius 3 is 1.41 bits per heavy atom. The van der Waals surface area contributed by atoms with Gasteiger partial charge in [0.25, 0.3) is 10.3 Å². The molecule has 0 spiro atoms. The number of hydrogen-bond donors (Lipinski definition) is 2. The molecule has 0 atom stereocenters. The Morgan fingerprint density at radius 2 is 1.29 bits per heavy atom. The van der Waals surface area contributed by atoms with Crippen LogP contribution < -0.4 is 14.5 Å². The molecule has 1 rings (SSSR count). The Balaban J connectivity index is 0. The summed E-state index contributed by atoms with van der Waals surface area (Å²) in [6, 6.07) is 10.6. The molecule has 0 saturated heterocycles. The number of thiocarbonyl (C=S) groups is 2. The van der Waals surface area contributed by atoms with Crippen molar-refractivity contribution in [3.8, 4) is 0 Å². The summed E-state index contributed by atoms with van der Waals surface area (Å²) < 4.78 is 10.0. The topological polar surface area (TPSA) is 70.5 Å². The van der Waals surface area contributed by atoms with Gasteiger partial charge in [-0.1, -0.05) is 0 Å². The van der Waals surface area contributed by atoms with E-state index in [1.54, 1.807) is 0 Å². The normalized spacial score (nSPS) is 7.53. The molecule has 0 fully saturated rings. The molecule has 0 saturated carbocycles. The summed E-state index contributed by atoms with van der Waals surface area (Å²) in [5, 5.41) is 0.176. The monoisotopic (exact) mass is 461 g/mol. The minimum atomic E-state index is 0.0880. The standard InChI is InChI=1S/C6H5.2C2H5NOS.Hg/c1-2-4-6-5-3-1;2*1-4-2(3)5;/h1-5H;2*1H3,(H2,3,5);. The van der Waals surface area contributed by atoms with Gasteiger partial charge in [0, 0.05) is 0 Å². The van der Waals surface area contributed by atoms with Crippen molar-refractivity contribution in [2.75, 3.05) is 14.2 Å². The second kappa shape index (κ2) is 13.6. The van der Waals surface area contributed by atoms with Crippen LogP contribution in [0.4, 0.5) is 0 Å². The fraction of sp³-hybridized carbons (Fsp3) is 0.200. The van der Waals surface area contributed by atoms with Gasteiger partial charge < -0.3 is 20.9 Å². The molecule has 17 heavy (non-hydrogen) atoms. The zero-order valence-corrected chi connectivity index (χ0v) is 17.0. The predicted octanol–water partition coefficient (Wildman–Crippen LogP) is 0.612. The van der Waals surface area contributed by atoms with E-state index in [0.717, 1.165) is 26.1 Å². The quantitative estimate of drug-likeness (QED) is 0.437. The van der Waals surface area contributed by atoms with Crippen molar-refractivity contribution in [2.45, 2.75) is 0 Å². The summed E-state index contributed by atoms with van der Waals surface area (Å²) >= 11 is 9.31. The molecule has 0 aliphatic rings. The van der Waals surface area contributed by atoms with E-state index in [-0.39, 0.29) is 10.3 Å². The van der Waals surface area contributed by atoms with E-state index in [1.807, 2.05) is 0 Å². The molecule has 0 bridgehead atoms. The molecule has 0 aliphatic carbocycles. The zero-order valence-electron chi connectivity index (χ0n) is 9.88. The van der Waals surface area contributed by atoms with Gasteiger partial charge in [0.05, 0.1) is 14.2 Å². The van der Waals surface area contributed by atoms with Gasteiger partial charge in [-0.2, -0.15) is 0 Å². The SMILES string of the molecule is COC(N)=S.COC(N)=S.[Hg][c]1ccccc1. The van der Waals surface area contributed by atoms with E-state index >= 15 is 0 Å². The summed E-state index contributed by atoms with van der Waals surface area (Å²) in [5.74, 6) is 0. The number of hydrogen-bond acceptors (Lipinski definition) is 4. The first kappa shape index (κ1) is 18.9. The van der Waals surface area contributed by atoms with E-state index in [9.17, 15) is 0 Å². The number of methoxy groups -OCH3 is 2. The van der Waals surface area contributed by atoms with E-state index in [2.05, 4.69) is 64.2 Å². The van der Waals surface area contributed by atoms with Crippen LogP contribution in [-0.2, 0) is 35.6 Å². The summed E-state index contributed by atoms with van der Waals surface area (Å²) in [7, 11) is 2.87. The Morgan fingerprint density at radius 1 is 1.00 bits per heavy atom. The average Bonchev–Trinajstić information content (AvgIpc) is 2.31. The maximum absolute atomic E-state index is 4.80. The van der Waals surface area contributed by atoms with Crippen LogP contribution >= 0.6 is 24.4 Å². The van der Waals surface area contributed by atoms with Crippen molar-refractivity contribution in [2.24, 2.45) is 11.5 Å². The van der Waals surface area contributed by atoms with Crippen molar-refractivity contribution < 1.29 is 35.6 Å². The minimum absolute atomic E-state index is 0.0880. The summed E-state index contributed by atoms with van der Waals surface area (Å²) in [6.07, 6.45) is 0. The number of rotatable bonds is 0. The van der Waals surface area contributed by atoms with Crippen LogP contribution in [0.5, 0.6) is 0 Å². The second-order valence-electron chi connectivity index (χ2n) is 2.53. The zero-order chi connectivity index (χ0) is 13.7. The maximum atomic E-state index is 4.80. The molecule has 1 aromatic rings. The van der Waals surface area contributed by atoms with Gasteiger partial charge in [-0.3, -0.25) is 0 Å². The van der Waals surface area contributed by atoms with Gasteiger partial charge >= 0.3 is 59.5 Å². The van der Waals surface area contributed by atoms with Gasteiger partial charge in [-0.05, 0) is 24.4 Å². The first-order valence-electron chi connectivity index (χ1n) is 4.47. The molecule has 1 aromatic carbocycles. The van der Waals surface area contributed by atoms with E-state index in [4.69, 9.17) is 11.5 Å².